The number of hydrogen-bond donors (Lipinski definition) is 0. The van der Waals surface area contributed by atoms with Gasteiger partial charge >= 0.3 is 17.3 Å². The summed E-state index contributed by atoms with van der Waals surface area (Å²) in [6.07, 6.45) is -4.60. The summed E-state index contributed by atoms with van der Waals surface area (Å²) in [5, 5.41) is 0. The highest BCUT2D eigenvalue weighted by Crippen LogP contribution is 2.34. The largest absolute Gasteiger partial charge is 0.573 e. The van der Waals surface area contributed by atoms with Crippen LogP contribution >= 0.6 is 11.3 Å². The summed E-state index contributed by atoms with van der Waals surface area (Å²) in [6.45, 7) is 5.71. The van der Waals surface area contributed by atoms with Crippen molar-refractivity contribution in [2.75, 3.05) is 6.54 Å². The molecule has 1 aromatic heterocycles. The molecule has 0 saturated carbocycles. The van der Waals surface area contributed by atoms with Gasteiger partial charge in [0.25, 0.3) is 0 Å². The van der Waals surface area contributed by atoms with Gasteiger partial charge in [-0.25, -0.2) is 4.79 Å². The maximum absolute atomic E-state index is 12.5. The van der Waals surface area contributed by atoms with E-state index in [1.165, 1.54) is 21.6 Å². The lowest BCUT2D eigenvalue weighted by atomic mass is 10.2. The molecule has 0 bridgehead atoms. The van der Waals surface area contributed by atoms with E-state index in [0.717, 1.165) is 17.4 Å². The number of benzene rings is 1. The maximum Gasteiger partial charge on any atom is 0.573 e. The Kier molecular flexibility index (Phi) is 4.87. The quantitative estimate of drug-likeness (QED) is 0.740. The molecule has 2 aromatic rings. The summed E-state index contributed by atoms with van der Waals surface area (Å²) >= 11 is 0.814. The van der Waals surface area contributed by atoms with Crippen molar-refractivity contribution in [3.05, 3.63) is 27.9 Å². The van der Waals surface area contributed by atoms with Crippen LogP contribution in [-0.4, -0.2) is 34.1 Å². The third-order valence-electron chi connectivity index (χ3n) is 3.97. The average Bonchev–Trinajstić information content (AvgIpc) is 3.06. The van der Waals surface area contributed by atoms with E-state index >= 15 is 0 Å². The van der Waals surface area contributed by atoms with Gasteiger partial charge in [-0.3, -0.25) is 14.3 Å². The number of likely N-dealkylation sites (tertiary alicyclic amines) is 1. The molecule has 1 amide bonds. The predicted octanol–water partition coefficient (Wildman–Crippen LogP) is 4.49. The Labute approximate surface area is 157 Å². The molecule has 1 fully saturated rings. The highest BCUT2D eigenvalue weighted by atomic mass is 32.1. The zero-order valence-electron chi connectivity index (χ0n) is 15.0. The van der Waals surface area contributed by atoms with Crippen molar-refractivity contribution in [3.63, 3.8) is 0 Å². The standard InChI is InChI=1S/C17H19F3N2O4S/c1-16(2,3)26-14(23)21-8-4-5-13(21)22-11-7-6-10(25-17(18,19)20)9-12(11)27-15(22)24/h6-7,9,13H,4-5,8H2,1-3H3. The van der Waals surface area contributed by atoms with E-state index in [1.807, 2.05) is 0 Å². The SMILES string of the molecule is CC(C)(C)OC(=O)N1CCCC1n1c(=O)sc2cc(OC(F)(F)F)ccc21. The van der Waals surface area contributed by atoms with Gasteiger partial charge in [-0.2, -0.15) is 0 Å². The summed E-state index contributed by atoms with van der Waals surface area (Å²) in [5.41, 5.74) is -0.213. The first kappa shape index (κ1) is 19.5. The van der Waals surface area contributed by atoms with Crippen LogP contribution in [0.4, 0.5) is 18.0 Å². The van der Waals surface area contributed by atoms with Crippen molar-refractivity contribution in [1.82, 2.24) is 9.47 Å². The van der Waals surface area contributed by atoms with Crippen molar-refractivity contribution in [2.24, 2.45) is 0 Å². The highest BCUT2D eigenvalue weighted by Gasteiger charge is 2.35. The van der Waals surface area contributed by atoms with Crippen molar-refractivity contribution >= 4 is 27.6 Å². The van der Waals surface area contributed by atoms with Gasteiger partial charge in [0.05, 0.1) is 10.2 Å². The fourth-order valence-electron chi connectivity index (χ4n) is 3.05. The zero-order chi connectivity index (χ0) is 20.0. The van der Waals surface area contributed by atoms with Crippen LogP contribution in [-0.2, 0) is 4.74 Å². The molecule has 1 unspecified atom stereocenters. The molecule has 0 aliphatic carbocycles. The molecule has 0 spiro atoms. The molecule has 10 heteroatoms. The number of carbonyl (C=O) groups excluding carboxylic acids is 1. The number of aromatic nitrogens is 1. The Hall–Kier alpha value is -2.23. The van der Waals surface area contributed by atoms with Gasteiger partial charge in [-0.1, -0.05) is 11.3 Å². The molecule has 1 aromatic carbocycles. The molecule has 1 saturated heterocycles. The number of hydrogen-bond acceptors (Lipinski definition) is 5. The minimum Gasteiger partial charge on any atom is -0.444 e. The topological polar surface area (TPSA) is 60.8 Å². The smallest absolute Gasteiger partial charge is 0.444 e. The van der Waals surface area contributed by atoms with Gasteiger partial charge in [0.2, 0.25) is 0 Å². The third-order valence-corrected chi connectivity index (χ3v) is 4.88. The molecular formula is C17H19F3N2O4S. The van der Waals surface area contributed by atoms with Crippen molar-refractivity contribution < 1.29 is 27.4 Å². The number of ether oxygens (including phenoxy) is 2. The van der Waals surface area contributed by atoms with Crippen molar-refractivity contribution in [3.8, 4) is 5.75 Å². The number of halogens is 3. The summed E-state index contributed by atoms with van der Waals surface area (Å²) in [7, 11) is 0. The number of rotatable bonds is 2. The van der Waals surface area contributed by atoms with E-state index in [1.54, 1.807) is 20.8 Å². The molecule has 148 valence electrons. The van der Waals surface area contributed by atoms with Crippen molar-refractivity contribution in [2.45, 2.75) is 51.7 Å². The summed E-state index contributed by atoms with van der Waals surface area (Å²) in [5.74, 6) is -0.390. The van der Waals surface area contributed by atoms with E-state index in [2.05, 4.69) is 4.74 Å². The van der Waals surface area contributed by atoms with E-state index in [0.29, 0.717) is 29.6 Å². The lowest BCUT2D eigenvalue weighted by Crippen LogP contribution is -2.39. The number of nitrogens with zero attached hydrogens (tertiary/aromatic N) is 2. The molecule has 0 N–H and O–H groups in total. The summed E-state index contributed by atoms with van der Waals surface area (Å²) in [6, 6.07) is 3.74. The fraction of sp³-hybridized carbons (Fsp3) is 0.529. The first-order chi connectivity index (χ1) is 12.4. The van der Waals surface area contributed by atoms with Crippen LogP contribution in [0.1, 0.15) is 39.8 Å². The van der Waals surface area contributed by atoms with Gasteiger partial charge in [0, 0.05) is 12.6 Å². The second kappa shape index (κ2) is 6.74. The number of alkyl halides is 3. The van der Waals surface area contributed by atoms with Crippen LogP contribution < -0.4 is 9.61 Å². The van der Waals surface area contributed by atoms with Gasteiger partial charge in [-0.05, 0) is 45.7 Å². The Balaban J connectivity index is 1.95. The van der Waals surface area contributed by atoms with Crippen LogP contribution in [0, 0.1) is 0 Å². The molecule has 1 aliphatic rings. The second-order valence-electron chi connectivity index (χ2n) is 7.21. The maximum atomic E-state index is 12.5. The molecule has 2 heterocycles. The molecule has 1 aliphatic heterocycles. The van der Waals surface area contributed by atoms with E-state index < -0.39 is 24.2 Å². The Bertz CT molecular complexity index is 914. The number of thiazole rings is 1. The number of carbonyl (C=O) groups is 1. The number of amides is 1. The van der Waals surface area contributed by atoms with Crippen LogP contribution in [0.2, 0.25) is 0 Å². The van der Waals surface area contributed by atoms with Gasteiger partial charge in [0.1, 0.15) is 17.5 Å². The molecule has 1 atom stereocenters. The lowest BCUT2D eigenvalue weighted by Gasteiger charge is -2.29. The first-order valence-corrected chi connectivity index (χ1v) is 9.17. The minimum absolute atomic E-state index is 0.352. The first-order valence-electron chi connectivity index (χ1n) is 8.35. The molecule has 0 radical (unpaired) electrons. The summed E-state index contributed by atoms with van der Waals surface area (Å²) < 4.78 is 48.3. The Morgan fingerprint density at radius 1 is 1.26 bits per heavy atom. The third kappa shape index (κ3) is 4.37. The van der Waals surface area contributed by atoms with Crippen LogP contribution in [0.5, 0.6) is 5.75 Å². The van der Waals surface area contributed by atoms with Crippen LogP contribution in [0.25, 0.3) is 10.2 Å². The summed E-state index contributed by atoms with van der Waals surface area (Å²) in [4.78, 5) is 26.1. The van der Waals surface area contributed by atoms with Crippen molar-refractivity contribution in [1.29, 1.82) is 0 Å². The Morgan fingerprint density at radius 2 is 1.96 bits per heavy atom. The highest BCUT2D eigenvalue weighted by molar-refractivity contribution is 7.16. The minimum atomic E-state index is -4.81. The molecule has 3 rings (SSSR count). The average molecular weight is 404 g/mol. The van der Waals surface area contributed by atoms with E-state index in [9.17, 15) is 22.8 Å². The predicted molar refractivity (Wildman–Crippen MR) is 94.0 cm³/mol. The second-order valence-corrected chi connectivity index (χ2v) is 8.21. The Morgan fingerprint density at radius 3 is 2.59 bits per heavy atom. The monoisotopic (exact) mass is 404 g/mol. The lowest BCUT2D eigenvalue weighted by molar-refractivity contribution is -0.274. The fourth-order valence-corrected chi connectivity index (χ4v) is 4.00. The zero-order valence-corrected chi connectivity index (χ0v) is 15.8. The van der Waals surface area contributed by atoms with Crippen LogP contribution in [0.15, 0.2) is 23.0 Å². The number of fused-ring (bicyclic) bond motifs is 1. The molecular weight excluding hydrogens is 385 g/mol. The van der Waals surface area contributed by atoms with Crippen LogP contribution in [0.3, 0.4) is 0 Å². The molecule has 27 heavy (non-hydrogen) atoms. The van der Waals surface area contributed by atoms with Gasteiger partial charge in [-0.15, -0.1) is 13.2 Å². The normalized spacial score (nSPS) is 18.1. The van der Waals surface area contributed by atoms with Gasteiger partial charge < -0.3 is 9.47 Å². The van der Waals surface area contributed by atoms with Gasteiger partial charge in [0.15, 0.2) is 0 Å². The van der Waals surface area contributed by atoms with E-state index in [-0.39, 0.29) is 10.6 Å². The van der Waals surface area contributed by atoms with E-state index in [4.69, 9.17) is 4.74 Å². The molecule has 6 nitrogen and oxygen atoms in total.